The fourth-order valence-corrected chi connectivity index (χ4v) is 1.69. The molecule has 1 unspecified atom stereocenters. The number of rotatable bonds is 7. The van der Waals surface area contributed by atoms with Crippen LogP contribution in [0.5, 0.6) is 0 Å². The monoisotopic (exact) mass is 295 g/mol. The first-order valence-electron chi connectivity index (χ1n) is 6.85. The number of benzene rings is 1. The van der Waals surface area contributed by atoms with Gasteiger partial charge in [-0.3, -0.25) is 10.1 Å². The maximum Gasteiger partial charge on any atom is 0.411 e. The van der Waals surface area contributed by atoms with Crippen LogP contribution in [0.3, 0.4) is 0 Å². The summed E-state index contributed by atoms with van der Waals surface area (Å²) in [6, 6.07) is 8.80. The normalized spacial score (nSPS) is 13.1. The predicted octanol–water partition coefficient (Wildman–Crippen LogP) is 2.19. The molecule has 0 aliphatic heterocycles. The summed E-state index contributed by atoms with van der Waals surface area (Å²) in [6.07, 6.45) is -0.377. The van der Waals surface area contributed by atoms with Crippen molar-refractivity contribution >= 4 is 17.7 Å². The molecule has 0 aliphatic rings. The molecule has 1 atom stereocenters. The van der Waals surface area contributed by atoms with Crippen LogP contribution in [-0.4, -0.2) is 37.0 Å². The highest BCUT2D eigenvalue weighted by Crippen LogP contribution is 2.24. The van der Waals surface area contributed by atoms with Crippen LogP contribution in [0.25, 0.3) is 0 Å². The van der Waals surface area contributed by atoms with Crippen molar-refractivity contribution in [1.29, 1.82) is 0 Å². The van der Waals surface area contributed by atoms with E-state index in [-0.39, 0.29) is 13.2 Å². The van der Waals surface area contributed by atoms with Gasteiger partial charge in [-0.05, 0) is 25.5 Å². The third-order valence-corrected chi connectivity index (χ3v) is 3.19. The molecule has 0 spiro atoms. The van der Waals surface area contributed by atoms with Gasteiger partial charge in [0.15, 0.2) is 0 Å². The zero-order valence-corrected chi connectivity index (χ0v) is 12.3. The Morgan fingerprint density at radius 3 is 2.38 bits per heavy atom. The molecule has 0 saturated heterocycles. The van der Waals surface area contributed by atoms with E-state index in [4.69, 9.17) is 9.47 Å². The Balaban J connectivity index is 2.60. The quantitative estimate of drug-likeness (QED) is 0.753. The van der Waals surface area contributed by atoms with E-state index in [1.54, 1.807) is 38.1 Å². The van der Waals surface area contributed by atoms with Gasteiger partial charge >= 0.3 is 12.1 Å². The third kappa shape index (κ3) is 4.75. The van der Waals surface area contributed by atoms with Crippen molar-refractivity contribution in [3.63, 3.8) is 0 Å². The first-order valence-corrected chi connectivity index (χ1v) is 6.85. The van der Waals surface area contributed by atoms with Crippen molar-refractivity contribution in [3.8, 4) is 0 Å². The van der Waals surface area contributed by atoms with Crippen LogP contribution < -0.4 is 5.32 Å². The summed E-state index contributed by atoms with van der Waals surface area (Å²) in [5.74, 6) is -0.567. The number of aliphatic hydroxyl groups is 1. The van der Waals surface area contributed by atoms with E-state index in [2.05, 4.69) is 5.32 Å². The minimum Gasteiger partial charge on any atom is -0.465 e. The second-order valence-electron chi connectivity index (χ2n) is 4.58. The van der Waals surface area contributed by atoms with E-state index in [0.717, 1.165) is 0 Å². The standard InChI is InChI=1S/C15H21NO5/c1-3-15(10-17,13(18)20-4-2)11-21-14(19)16-12-8-6-5-7-9-12/h5-9,17H,3-4,10-11H2,1-2H3,(H,16,19). The van der Waals surface area contributed by atoms with Gasteiger partial charge in [0.1, 0.15) is 12.0 Å². The molecule has 0 fully saturated rings. The van der Waals surface area contributed by atoms with Gasteiger partial charge in [0.05, 0.1) is 13.2 Å². The lowest BCUT2D eigenvalue weighted by Gasteiger charge is -2.27. The molecule has 0 aliphatic carbocycles. The number of para-hydroxylation sites is 1. The second kappa shape index (κ2) is 8.26. The van der Waals surface area contributed by atoms with Crippen LogP contribution in [0.2, 0.25) is 0 Å². The van der Waals surface area contributed by atoms with Crippen molar-refractivity contribution in [1.82, 2.24) is 0 Å². The molecular formula is C15H21NO5. The topological polar surface area (TPSA) is 84.9 Å². The number of hydrogen-bond acceptors (Lipinski definition) is 5. The largest absolute Gasteiger partial charge is 0.465 e. The van der Waals surface area contributed by atoms with Crippen LogP contribution in [0.1, 0.15) is 20.3 Å². The molecule has 116 valence electrons. The van der Waals surface area contributed by atoms with Crippen molar-refractivity contribution in [2.75, 3.05) is 25.1 Å². The SMILES string of the molecule is CCOC(=O)C(CC)(CO)COC(=O)Nc1ccccc1. The van der Waals surface area contributed by atoms with E-state index >= 15 is 0 Å². The van der Waals surface area contributed by atoms with Crippen LogP contribution in [0.4, 0.5) is 10.5 Å². The van der Waals surface area contributed by atoms with E-state index in [9.17, 15) is 14.7 Å². The van der Waals surface area contributed by atoms with Gasteiger partial charge in [-0.15, -0.1) is 0 Å². The summed E-state index contributed by atoms with van der Waals surface area (Å²) in [6.45, 7) is 2.93. The Hall–Kier alpha value is -2.08. The van der Waals surface area contributed by atoms with E-state index in [1.807, 2.05) is 6.07 Å². The molecule has 0 radical (unpaired) electrons. The van der Waals surface area contributed by atoms with E-state index in [0.29, 0.717) is 12.1 Å². The Kier molecular flexibility index (Phi) is 6.68. The molecule has 1 amide bonds. The maximum absolute atomic E-state index is 11.9. The van der Waals surface area contributed by atoms with Crippen LogP contribution in [-0.2, 0) is 14.3 Å². The number of amides is 1. The number of carbonyl (C=O) groups is 2. The molecule has 0 bridgehead atoms. The van der Waals surface area contributed by atoms with Crippen LogP contribution in [0, 0.1) is 5.41 Å². The molecule has 0 heterocycles. The van der Waals surface area contributed by atoms with E-state index < -0.39 is 24.1 Å². The molecule has 6 heteroatoms. The van der Waals surface area contributed by atoms with Gasteiger partial charge in [-0.25, -0.2) is 4.79 Å². The van der Waals surface area contributed by atoms with Gasteiger partial charge in [-0.1, -0.05) is 25.1 Å². The van der Waals surface area contributed by atoms with Gasteiger partial charge in [0.25, 0.3) is 0 Å². The third-order valence-electron chi connectivity index (χ3n) is 3.19. The summed E-state index contributed by atoms with van der Waals surface area (Å²) in [4.78, 5) is 23.6. The van der Waals surface area contributed by atoms with Gasteiger partial charge in [0, 0.05) is 5.69 Å². The maximum atomic E-state index is 11.9. The van der Waals surface area contributed by atoms with Gasteiger partial charge < -0.3 is 14.6 Å². The molecule has 1 rings (SSSR count). The fourth-order valence-electron chi connectivity index (χ4n) is 1.69. The Bertz CT molecular complexity index is 456. The second-order valence-corrected chi connectivity index (χ2v) is 4.58. The zero-order chi connectivity index (χ0) is 15.7. The van der Waals surface area contributed by atoms with Crippen LogP contribution >= 0.6 is 0 Å². The van der Waals surface area contributed by atoms with Crippen LogP contribution in [0.15, 0.2) is 30.3 Å². The van der Waals surface area contributed by atoms with Crippen molar-refractivity contribution < 1.29 is 24.2 Å². The smallest absolute Gasteiger partial charge is 0.411 e. The highest BCUT2D eigenvalue weighted by Gasteiger charge is 2.39. The number of hydrogen-bond donors (Lipinski definition) is 2. The highest BCUT2D eigenvalue weighted by atomic mass is 16.6. The molecular weight excluding hydrogens is 274 g/mol. The number of esters is 1. The lowest BCUT2D eigenvalue weighted by Crippen LogP contribution is -2.41. The summed E-state index contributed by atoms with van der Waals surface area (Å²) in [5.41, 5.74) is -0.631. The van der Waals surface area contributed by atoms with E-state index in [1.165, 1.54) is 0 Å². The number of ether oxygens (including phenoxy) is 2. The zero-order valence-electron chi connectivity index (χ0n) is 12.3. The Labute approximate surface area is 124 Å². The molecule has 6 nitrogen and oxygen atoms in total. The van der Waals surface area contributed by atoms with Gasteiger partial charge in [0.2, 0.25) is 0 Å². The molecule has 1 aromatic rings. The minimum absolute atomic E-state index is 0.205. The molecule has 0 aromatic heterocycles. The average Bonchev–Trinajstić information content (AvgIpc) is 2.50. The minimum atomic E-state index is -1.22. The highest BCUT2D eigenvalue weighted by molar-refractivity contribution is 5.85. The number of aliphatic hydroxyl groups excluding tert-OH is 1. The number of nitrogens with one attached hydrogen (secondary N) is 1. The first-order chi connectivity index (χ1) is 10.1. The Morgan fingerprint density at radius 1 is 1.19 bits per heavy atom. The molecule has 0 saturated carbocycles. The van der Waals surface area contributed by atoms with Gasteiger partial charge in [-0.2, -0.15) is 0 Å². The van der Waals surface area contributed by atoms with Crippen molar-refractivity contribution in [3.05, 3.63) is 30.3 Å². The number of carbonyl (C=O) groups excluding carboxylic acids is 2. The van der Waals surface area contributed by atoms with Crippen molar-refractivity contribution in [2.45, 2.75) is 20.3 Å². The summed E-state index contributed by atoms with van der Waals surface area (Å²) < 4.78 is 9.98. The Morgan fingerprint density at radius 2 is 1.86 bits per heavy atom. The summed E-state index contributed by atoms with van der Waals surface area (Å²) in [7, 11) is 0. The fraction of sp³-hybridized carbons (Fsp3) is 0.467. The molecule has 2 N–H and O–H groups in total. The number of anilines is 1. The lowest BCUT2D eigenvalue weighted by molar-refractivity contribution is -0.161. The molecule has 1 aromatic carbocycles. The summed E-state index contributed by atoms with van der Waals surface area (Å²) >= 11 is 0. The lowest BCUT2D eigenvalue weighted by atomic mass is 9.87. The first kappa shape index (κ1) is 17.0. The van der Waals surface area contributed by atoms with Crippen molar-refractivity contribution in [2.24, 2.45) is 5.41 Å². The predicted molar refractivity (Wildman–Crippen MR) is 77.9 cm³/mol. The summed E-state index contributed by atoms with van der Waals surface area (Å²) in [5, 5.41) is 12.0. The average molecular weight is 295 g/mol. The molecule has 21 heavy (non-hydrogen) atoms.